The summed E-state index contributed by atoms with van der Waals surface area (Å²) in [5, 5.41) is 0.330. The van der Waals surface area contributed by atoms with E-state index in [-0.39, 0.29) is 18.2 Å². The topological polar surface area (TPSA) is 38.8 Å². The Bertz CT molecular complexity index is 420. The third-order valence-electron chi connectivity index (χ3n) is 3.48. The number of hydrogen-bond donors (Lipinski definition) is 0. The second-order valence-corrected chi connectivity index (χ2v) is 5.33. The molecule has 1 heterocycles. The van der Waals surface area contributed by atoms with Crippen molar-refractivity contribution in [2.24, 2.45) is 0 Å². The van der Waals surface area contributed by atoms with Crippen LogP contribution in [0.1, 0.15) is 24.9 Å². The summed E-state index contributed by atoms with van der Waals surface area (Å²) in [6.45, 7) is 3.97. The van der Waals surface area contributed by atoms with Gasteiger partial charge in [-0.1, -0.05) is 46.3 Å². The van der Waals surface area contributed by atoms with Crippen molar-refractivity contribution in [3.05, 3.63) is 35.9 Å². The van der Waals surface area contributed by atoms with E-state index >= 15 is 0 Å². The lowest BCUT2D eigenvalue weighted by Gasteiger charge is -2.30. The minimum absolute atomic E-state index is 0.0441. The van der Waals surface area contributed by atoms with E-state index < -0.39 is 0 Å². The molecule has 1 fully saturated rings. The molecule has 2 rings (SSSR count). The summed E-state index contributed by atoms with van der Waals surface area (Å²) in [5.74, 6) is 0.0827. The Labute approximate surface area is 128 Å². The van der Waals surface area contributed by atoms with Gasteiger partial charge in [-0.15, -0.1) is 0 Å². The molecule has 0 radical (unpaired) electrons. The Kier molecular flexibility index (Phi) is 6.01. The van der Waals surface area contributed by atoms with Gasteiger partial charge in [-0.2, -0.15) is 0 Å². The molecule has 5 heteroatoms. The maximum absolute atomic E-state index is 12.1. The van der Waals surface area contributed by atoms with Crippen LogP contribution in [-0.2, 0) is 14.3 Å². The molecule has 1 aliphatic heterocycles. The first kappa shape index (κ1) is 15.5. The molecular weight excluding hydrogens is 322 g/mol. The number of carbonyl (C=O) groups is 1. The van der Waals surface area contributed by atoms with Crippen LogP contribution in [0.3, 0.4) is 0 Å². The van der Waals surface area contributed by atoms with Crippen molar-refractivity contribution in [1.82, 2.24) is 4.90 Å². The smallest absolute Gasteiger partial charge is 0.233 e. The van der Waals surface area contributed by atoms with E-state index in [0.717, 1.165) is 5.56 Å². The fourth-order valence-electron chi connectivity index (χ4n) is 2.34. The van der Waals surface area contributed by atoms with E-state index in [0.29, 0.717) is 31.5 Å². The summed E-state index contributed by atoms with van der Waals surface area (Å²) in [6.07, 6.45) is 0.527. The highest BCUT2D eigenvalue weighted by Gasteiger charge is 2.23. The predicted molar refractivity (Wildman–Crippen MR) is 80.7 cm³/mol. The highest BCUT2D eigenvalue weighted by molar-refractivity contribution is 9.09. The van der Waals surface area contributed by atoms with Crippen LogP contribution in [0, 0.1) is 0 Å². The van der Waals surface area contributed by atoms with Crippen molar-refractivity contribution in [1.29, 1.82) is 0 Å². The average Bonchev–Trinajstić information content (AvgIpc) is 3.01. The summed E-state index contributed by atoms with van der Waals surface area (Å²) in [7, 11) is 0. The minimum atomic E-state index is -0.177. The van der Waals surface area contributed by atoms with Gasteiger partial charge in [-0.3, -0.25) is 4.79 Å². The normalized spacial score (nSPS) is 17.1. The summed E-state index contributed by atoms with van der Waals surface area (Å²) in [6, 6.07) is 10.1. The second kappa shape index (κ2) is 7.76. The Balaban J connectivity index is 2.00. The van der Waals surface area contributed by atoms with E-state index in [1.807, 2.05) is 42.2 Å². The fourth-order valence-corrected chi connectivity index (χ4v) is 2.66. The summed E-state index contributed by atoms with van der Waals surface area (Å²) >= 11 is 3.26. The molecule has 1 aromatic carbocycles. The first-order valence-electron chi connectivity index (χ1n) is 6.86. The quantitative estimate of drug-likeness (QED) is 0.747. The summed E-state index contributed by atoms with van der Waals surface area (Å²) < 4.78 is 10.9. The first-order valence-corrected chi connectivity index (χ1v) is 7.98. The number of nitrogens with zero attached hydrogens (tertiary/aromatic N) is 1. The van der Waals surface area contributed by atoms with Crippen LogP contribution in [-0.4, -0.2) is 42.2 Å². The van der Waals surface area contributed by atoms with E-state index in [1.54, 1.807) is 0 Å². The fraction of sp³-hybridized carbons (Fsp3) is 0.533. The number of benzene rings is 1. The van der Waals surface area contributed by atoms with Gasteiger partial charge in [0.15, 0.2) is 6.29 Å². The van der Waals surface area contributed by atoms with Crippen molar-refractivity contribution in [3.8, 4) is 0 Å². The van der Waals surface area contributed by atoms with Crippen LogP contribution >= 0.6 is 15.9 Å². The Morgan fingerprint density at radius 3 is 2.60 bits per heavy atom. The van der Waals surface area contributed by atoms with Gasteiger partial charge in [0.25, 0.3) is 0 Å². The number of amides is 1. The molecule has 1 aliphatic rings. The average molecular weight is 342 g/mol. The zero-order valence-corrected chi connectivity index (χ0v) is 13.2. The molecule has 1 aromatic rings. The molecule has 110 valence electrons. The van der Waals surface area contributed by atoms with Crippen molar-refractivity contribution in [2.75, 3.05) is 25.1 Å². The summed E-state index contributed by atoms with van der Waals surface area (Å²) in [4.78, 5) is 14.0. The van der Waals surface area contributed by atoms with Gasteiger partial charge in [0.05, 0.1) is 24.6 Å². The molecule has 0 aliphatic carbocycles. The SMILES string of the molecule is C[C@@H](c1ccccc1)N(CCC1OCCO1)C(=O)CBr. The molecule has 0 saturated carbocycles. The third-order valence-corrected chi connectivity index (χ3v) is 3.96. The van der Waals surface area contributed by atoms with Gasteiger partial charge in [0, 0.05) is 13.0 Å². The predicted octanol–water partition coefficient (Wildman–Crippen LogP) is 2.73. The standard InChI is InChI=1S/C15H20BrNO3/c1-12(13-5-3-2-4-6-13)17(14(18)11-16)8-7-15-19-9-10-20-15/h2-6,12,15H,7-11H2,1H3/t12-/m0/s1. The zero-order chi connectivity index (χ0) is 14.4. The molecule has 1 atom stereocenters. The zero-order valence-electron chi connectivity index (χ0n) is 11.6. The van der Waals surface area contributed by atoms with Gasteiger partial charge >= 0.3 is 0 Å². The highest BCUT2D eigenvalue weighted by Crippen LogP contribution is 2.22. The molecule has 0 unspecified atom stereocenters. The van der Waals surface area contributed by atoms with Crippen LogP contribution in [0.4, 0.5) is 0 Å². The maximum atomic E-state index is 12.1. The van der Waals surface area contributed by atoms with Crippen molar-refractivity contribution < 1.29 is 14.3 Å². The first-order chi connectivity index (χ1) is 9.72. The van der Waals surface area contributed by atoms with Gasteiger partial charge in [0.2, 0.25) is 5.91 Å². The van der Waals surface area contributed by atoms with Crippen molar-refractivity contribution >= 4 is 21.8 Å². The number of carbonyl (C=O) groups excluding carboxylic acids is 1. The molecule has 4 nitrogen and oxygen atoms in total. The Morgan fingerprint density at radius 1 is 1.35 bits per heavy atom. The molecule has 0 spiro atoms. The van der Waals surface area contributed by atoms with E-state index in [4.69, 9.17) is 9.47 Å². The van der Waals surface area contributed by atoms with Crippen LogP contribution in [0.15, 0.2) is 30.3 Å². The molecule has 1 amide bonds. The lowest BCUT2D eigenvalue weighted by Crippen LogP contribution is -2.36. The van der Waals surface area contributed by atoms with Gasteiger partial charge in [0.1, 0.15) is 0 Å². The molecular formula is C15H20BrNO3. The van der Waals surface area contributed by atoms with Gasteiger partial charge in [-0.25, -0.2) is 0 Å². The lowest BCUT2D eigenvalue weighted by atomic mass is 10.1. The van der Waals surface area contributed by atoms with Gasteiger partial charge < -0.3 is 14.4 Å². The van der Waals surface area contributed by atoms with E-state index in [9.17, 15) is 4.79 Å². The molecule has 0 N–H and O–H groups in total. The number of ether oxygens (including phenoxy) is 2. The Hall–Kier alpha value is -0.910. The summed E-state index contributed by atoms with van der Waals surface area (Å²) in [5.41, 5.74) is 1.13. The third kappa shape index (κ3) is 4.04. The molecule has 0 bridgehead atoms. The van der Waals surface area contributed by atoms with E-state index in [2.05, 4.69) is 15.9 Å². The number of hydrogen-bond acceptors (Lipinski definition) is 3. The number of alkyl halides is 1. The maximum Gasteiger partial charge on any atom is 0.233 e. The van der Waals surface area contributed by atoms with E-state index in [1.165, 1.54) is 0 Å². The largest absolute Gasteiger partial charge is 0.350 e. The minimum Gasteiger partial charge on any atom is -0.350 e. The van der Waals surface area contributed by atoms with Gasteiger partial charge in [-0.05, 0) is 12.5 Å². The van der Waals surface area contributed by atoms with Crippen LogP contribution in [0.25, 0.3) is 0 Å². The number of halogens is 1. The molecule has 20 heavy (non-hydrogen) atoms. The van der Waals surface area contributed by atoms with Crippen molar-refractivity contribution in [2.45, 2.75) is 25.7 Å². The van der Waals surface area contributed by atoms with Crippen LogP contribution < -0.4 is 0 Å². The monoisotopic (exact) mass is 341 g/mol. The molecule has 0 aromatic heterocycles. The Morgan fingerprint density at radius 2 is 2.00 bits per heavy atom. The van der Waals surface area contributed by atoms with Crippen LogP contribution in [0.2, 0.25) is 0 Å². The highest BCUT2D eigenvalue weighted by atomic mass is 79.9. The van der Waals surface area contributed by atoms with Crippen molar-refractivity contribution in [3.63, 3.8) is 0 Å². The molecule has 1 saturated heterocycles. The number of rotatable bonds is 6. The van der Waals surface area contributed by atoms with Crippen LogP contribution in [0.5, 0.6) is 0 Å². The lowest BCUT2D eigenvalue weighted by molar-refractivity contribution is -0.131. The second-order valence-electron chi connectivity index (χ2n) is 4.77.